The summed E-state index contributed by atoms with van der Waals surface area (Å²) in [5.41, 5.74) is 0. The van der Waals surface area contributed by atoms with Gasteiger partial charge in [0.15, 0.2) is 12.4 Å². The van der Waals surface area contributed by atoms with E-state index in [1.807, 2.05) is 42.5 Å². The third kappa shape index (κ3) is 2.68. The van der Waals surface area contributed by atoms with Crippen molar-refractivity contribution in [3.63, 3.8) is 0 Å². The Kier molecular flexibility index (Phi) is 4.31. The number of rotatable bonds is 3. The first-order valence-corrected chi connectivity index (χ1v) is 7.30. The molecule has 0 aromatic heterocycles. The highest BCUT2D eigenvalue weighted by molar-refractivity contribution is 5.88. The molecule has 0 amide bonds. The quantitative estimate of drug-likeness (QED) is 0.903. The zero-order valence-corrected chi connectivity index (χ0v) is 12.5. The van der Waals surface area contributed by atoms with Gasteiger partial charge in [0.25, 0.3) is 0 Å². The van der Waals surface area contributed by atoms with Crippen molar-refractivity contribution in [1.82, 2.24) is 0 Å². The minimum absolute atomic E-state index is 0.492. The van der Waals surface area contributed by atoms with Crippen molar-refractivity contribution in [2.45, 2.75) is 37.6 Å². The summed E-state index contributed by atoms with van der Waals surface area (Å²) in [5.74, 6) is 0.616. The van der Waals surface area contributed by atoms with Gasteiger partial charge in [0.2, 0.25) is 0 Å². The molecule has 1 saturated heterocycles. The van der Waals surface area contributed by atoms with Gasteiger partial charge in [-0.05, 0) is 18.4 Å². The maximum absolute atomic E-state index is 10.3. The van der Waals surface area contributed by atoms with Crippen LogP contribution in [-0.4, -0.2) is 48.0 Å². The molecule has 1 heterocycles. The van der Waals surface area contributed by atoms with Crippen molar-refractivity contribution in [1.29, 1.82) is 0 Å². The number of aliphatic hydroxyl groups excluding tert-OH is 2. The average molecular weight is 304 g/mol. The van der Waals surface area contributed by atoms with Crippen LogP contribution in [0.3, 0.4) is 0 Å². The SMILES string of the molecule is CO[C@@H]1O[C@@H](C)[C@H](O)[C@@H](Oc2cccc3ccccc23)[C@H]1O. The van der Waals surface area contributed by atoms with Crippen LogP contribution in [0.15, 0.2) is 42.5 Å². The van der Waals surface area contributed by atoms with Crippen LogP contribution < -0.4 is 4.74 Å². The summed E-state index contributed by atoms with van der Waals surface area (Å²) in [7, 11) is 1.45. The molecule has 0 aliphatic carbocycles. The Bertz CT molecular complexity index is 638. The second-order valence-corrected chi connectivity index (χ2v) is 5.49. The summed E-state index contributed by atoms with van der Waals surface area (Å²) < 4.78 is 16.5. The third-order valence-electron chi connectivity index (χ3n) is 4.03. The lowest BCUT2D eigenvalue weighted by Crippen LogP contribution is -2.59. The number of methoxy groups -OCH3 is 1. The van der Waals surface area contributed by atoms with E-state index in [2.05, 4.69) is 0 Å². The number of fused-ring (bicyclic) bond motifs is 1. The predicted molar refractivity (Wildman–Crippen MR) is 81.7 cm³/mol. The van der Waals surface area contributed by atoms with Crippen molar-refractivity contribution in [2.75, 3.05) is 7.11 Å². The number of benzene rings is 2. The molecule has 1 aliphatic heterocycles. The van der Waals surface area contributed by atoms with Gasteiger partial charge in [-0.1, -0.05) is 36.4 Å². The van der Waals surface area contributed by atoms with Crippen molar-refractivity contribution < 1.29 is 24.4 Å². The molecule has 1 fully saturated rings. The Hall–Kier alpha value is -1.66. The Morgan fingerprint density at radius 1 is 1.00 bits per heavy atom. The molecular weight excluding hydrogens is 284 g/mol. The van der Waals surface area contributed by atoms with Gasteiger partial charge in [-0.3, -0.25) is 0 Å². The summed E-state index contributed by atoms with van der Waals surface area (Å²) in [6.45, 7) is 1.72. The lowest BCUT2D eigenvalue weighted by molar-refractivity contribution is -0.281. The van der Waals surface area contributed by atoms with Gasteiger partial charge in [0.1, 0.15) is 18.0 Å². The van der Waals surface area contributed by atoms with Crippen LogP contribution in [0, 0.1) is 0 Å². The molecular formula is C17H20O5. The van der Waals surface area contributed by atoms with Crippen LogP contribution in [0.25, 0.3) is 10.8 Å². The number of ether oxygens (including phenoxy) is 3. The summed E-state index contributed by atoms with van der Waals surface area (Å²) in [4.78, 5) is 0. The summed E-state index contributed by atoms with van der Waals surface area (Å²) in [6.07, 6.45) is -4.15. The maximum Gasteiger partial charge on any atom is 0.187 e. The molecule has 2 N–H and O–H groups in total. The molecule has 0 unspecified atom stereocenters. The van der Waals surface area contributed by atoms with Gasteiger partial charge in [0.05, 0.1) is 6.10 Å². The molecule has 22 heavy (non-hydrogen) atoms. The van der Waals surface area contributed by atoms with Gasteiger partial charge in [0, 0.05) is 12.5 Å². The van der Waals surface area contributed by atoms with E-state index in [1.54, 1.807) is 6.92 Å². The fourth-order valence-electron chi connectivity index (χ4n) is 2.78. The number of hydrogen-bond acceptors (Lipinski definition) is 5. The fraction of sp³-hybridized carbons (Fsp3) is 0.412. The van der Waals surface area contributed by atoms with Crippen LogP contribution >= 0.6 is 0 Å². The molecule has 0 bridgehead atoms. The minimum Gasteiger partial charge on any atom is -0.484 e. The molecule has 0 saturated carbocycles. The van der Waals surface area contributed by atoms with Gasteiger partial charge >= 0.3 is 0 Å². The largest absolute Gasteiger partial charge is 0.484 e. The highest BCUT2D eigenvalue weighted by Crippen LogP contribution is 2.30. The summed E-state index contributed by atoms with van der Waals surface area (Å²) in [6, 6.07) is 13.5. The fourth-order valence-corrected chi connectivity index (χ4v) is 2.78. The minimum atomic E-state index is -1.07. The van der Waals surface area contributed by atoms with E-state index in [9.17, 15) is 10.2 Å². The zero-order valence-electron chi connectivity index (χ0n) is 12.5. The van der Waals surface area contributed by atoms with E-state index in [0.717, 1.165) is 10.8 Å². The maximum atomic E-state index is 10.3. The monoisotopic (exact) mass is 304 g/mol. The van der Waals surface area contributed by atoms with Crippen LogP contribution in [0.2, 0.25) is 0 Å². The molecule has 118 valence electrons. The smallest absolute Gasteiger partial charge is 0.187 e. The van der Waals surface area contributed by atoms with Crippen LogP contribution in [0.4, 0.5) is 0 Å². The van der Waals surface area contributed by atoms with E-state index in [1.165, 1.54) is 7.11 Å². The molecule has 3 rings (SSSR count). The first kappa shape index (κ1) is 15.2. The van der Waals surface area contributed by atoms with Gasteiger partial charge in [-0.15, -0.1) is 0 Å². The molecule has 0 spiro atoms. The third-order valence-corrected chi connectivity index (χ3v) is 4.03. The first-order chi connectivity index (χ1) is 10.6. The van der Waals surface area contributed by atoms with Crippen molar-refractivity contribution in [3.8, 4) is 5.75 Å². The van der Waals surface area contributed by atoms with E-state index in [0.29, 0.717) is 5.75 Å². The van der Waals surface area contributed by atoms with Crippen molar-refractivity contribution in [2.24, 2.45) is 0 Å². The topological polar surface area (TPSA) is 68.2 Å². The second-order valence-electron chi connectivity index (χ2n) is 5.49. The normalized spacial score (nSPS) is 32.1. The van der Waals surface area contributed by atoms with Crippen LogP contribution in [0.1, 0.15) is 6.92 Å². The molecule has 1 aliphatic rings. The first-order valence-electron chi connectivity index (χ1n) is 7.30. The number of aliphatic hydroxyl groups is 2. The second kappa shape index (κ2) is 6.22. The molecule has 5 atom stereocenters. The van der Waals surface area contributed by atoms with E-state index in [-0.39, 0.29) is 0 Å². The van der Waals surface area contributed by atoms with Crippen molar-refractivity contribution in [3.05, 3.63) is 42.5 Å². The average Bonchev–Trinajstić information content (AvgIpc) is 2.55. The van der Waals surface area contributed by atoms with E-state index in [4.69, 9.17) is 14.2 Å². The number of hydrogen-bond donors (Lipinski definition) is 2. The van der Waals surface area contributed by atoms with Crippen LogP contribution in [0.5, 0.6) is 5.75 Å². The van der Waals surface area contributed by atoms with Gasteiger partial charge in [-0.2, -0.15) is 0 Å². The molecule has 5 nitrogen and oxygen atoms in total. The zero-order chi connectivity index (χ0) is 15.7. The molecule has 2 aromatic carbocycles. The predicted octanol–water partition coefficient (Wildman–Crippen LogP) is 1.70. The lowest BCUT2D eigenvalue weighted by atomic mass is 9.99. The Morgan fingerprint density at radius 2 is 1.73 bits per heavy atom. The summed E-state index contributed by atoms with van der Waals surface area (Å²) >= 11 is 0. The highest BCUT2D eigenvalue weighted by Gasteiger charge is 2.44. The molecule has 5 heteroatoms. The molecule has 0 radical (unpaired) electrons. The van der Waals surface area contributed by atoms with Crippen molar-refractivity contribution >= 4 is 10.8 Å². The van der Waals surface area contributed by atoms with Gasteiger partial charge in [-0.25, -0.2) is 0 Å². The van der Waals surface area contributed by atoms with Gasteiger partial charge < -0.3 is 24.4 Å². The summed E-state index contributed by atoms with van der Waals surface area (Å²) in [5, 5.41) is 22.6. The highest BCUT2D eigenvalue weighted by atomic mass is 16.7. The standard InChI is InChI=1S/C17H20O5/c1-10-14(18)16(15(19)17(20-2)21-10)22-13-9-5-7-11-6-3-4-8-12(11)13/h3-10,14-19H,1-2H3/t10-,14-,15+,16+,17+/m0/s1. The van der Waals surface area contributed by atoms with E-state index >= 15 is 0 Å². The Balaban J connectivity index is 1.92. The van der Waals surface area contributed by atoms with E-state index < -0.39 is 30.7 Å². The Labute approximate surface area is 129 Å². The Morgan fingerprint density at radius 3 is 2.50 bits per heavy atom. The lowest BCUT2D eigenvalue weighted by Gasteiger charge is -2.40. The molecule has 2 aromatic rings. The van der Waals surface area contributed by atoms with Crippen LogP contribution in [-0.2, 0) is 9.47 Å².